The van der Waals surface area contributed by atoms with Crippen LogP contribution in [0.2, 0.25) is 0 Å². The van der Waals surface area contributed by atoms with Crippen molar-refractivity contribution in [1.82, 2.24) is 19.9 Å². The van der Waals surface area contributed by atoms with E-state index in [1.807, 2.05) is 18.5 Å². The van der Waals surface area contributed by atoms with Crippen LogP contribution in [0.4, 0.5) is 11.8 Å². The van der Waals surface area contributed by atoms with Gasteiger partial charge in [-0.15, -0.1) is 0 Å². The number of hydrogen-bond acceptors (Lipinski definition) is 7. The van der Waals surface area contributed by atoms with Crippen molar-refractivity contribution in [2.24, 2.45) is 11.7 Å². The maximum Gasteiger partial charge on any atom is 0.224 e. The first-order valence-electron chi connectivity index (χ1n) is 10.1. The van der Waals surface area contributed by atoms with Gasteiger partial charge in [-0.05, 0) is 43.7 Å². The summed E-state index contributed by atoms with van der Waals surface area (Å²) in [4.78, 5) is 27.4. The number of hydrogen-bond donors (Lipinski definition) is 4. The molecular weight excluding hydrogens is 380 g/mol. The third kappa shape index (κ3) is 4.33. The number of primary amides is 1. The van der Waals surface area contributed by atoms with Gasteiger partial charge < -0.3 is 21.4 Å². The minimum Gasteiger partial charge on any atom is -0.369 e. The summed E-state index contributed by atoms with van der Waals surface area (Å²) < 4.78 is 0. The highest BCUT2D eigenvalue weighted by molar-refractivity contribution is 5.82. The fourth-order valence-electron chi connectivity index (χ4n) is 3.92. The summed E-state index contributed by atoms with van der Waals surface area (Å²) in [6, 6.07) is 4.30. The quantitative estimate of drug-likeness (QED) is 0.473. The molecule has 9 heteroatoms. The van der Waals surface area contributed by atoms with Crippen LogP contribution in [0.1, 0.15) is 36.8 Å². The van der Waals surface area contributed by atoms with Gasteiger partial charge >= 0.3 is 0 Å². The van der Waals surface area contributed by atoms with Gasteiger partial charge in [-0.1, -0.05) is 0 Å². The number of anilines is 2. The Bertz CT molecular complexity index is 1080. The summed E-state index contributed by atoms with van der Waals surface area (Å²) in [6.07, 6.45) is 11.1. The SMILES string of the molecule is N#Cc1cnc(NCCc2c[nH]c3cnccc23)nc1NC1CCC(C(N)=O)CC1. The van der Waals surface area contributed by atoms with Crippen molar-refractivity contribution in [3.8, 4) is 6.07 Å². The summed E-state index contributed by atoms with van der Waals surface area (Å²) in [7, 11) is 0. The first-order valence-corrected chi connectivity index (χ1v) is 10.1. The number of aromatic amines is 1. The van der Waals surface area contributed by atoms with Gasteiger partial charge in [0.15, 0.2) is 0 Å². The van der Waals surface area contributed by atoms with Gasteiger partial charge in [0.1, 0.15) is 17.5 Å². The Morgan fingerprint density at radius 1 is 1.30 bits per heavy atom. The highest BCUT2D eigenvalue weighted by Gasteiger charge is 2.25. The Morgan fingerprint density at radius 2 is 2.13 bits per heavy atom. The Labute approximate surface area is 174 Å². The molecule has 3 aromatic rings. The van der Waals surface area contributed by atoms with E-state index in [1.165, 1.54) is 11.8 Å². The minimum atomic E-state index is -0.230. The van der Waals surface area contributed by atoms with Crippen LogP contribution in [0, 0.1) is 17.2 Å². The second kappa shape index (κ2) is 8.78. The number of nitrogens with one attached hydrogen (secondary N) is 3. The molecule has 9 nitrogen and oxygen atoms in total. The average molecular weight is 404 g/mol. The standard InChI is InChI=1S/C21H24N8O/c22-9-15-11-27-21(25-8-5-14-10-26-18-12-24-7-6-17(14)18)29-20(15)28-16-3-1-13(2-4-16)19(23)30/h6-7,10-13,16,26H,1-5,8H2,(H2,23,30)(H2,25,27,28,29). The molecular formula is C21H24N8O. The highest BCUT2D eigenvalue weighted by atomic mass is 16.1. The third-order valence-corrected chi connectivity index (χ3v) is 5.63. The number of H-pyrrole nitrogens is 1. The number of aromatic nitrogens is 4. The first kappa shape index (κ1) is 19.6. The van der Waals surface area contributed by atoms with Crippen molar-refractivity contribution in [2.75, 3.05) is 17.2 Å². The Morgan fingerprint density at radius 3 is 2.90 bits per heavy atom. The molecule has 0 aromatic carbocycles. The highest BCUT2D eigenvalue weighted by Crippen LogP contribution is 2.27. The molecule has 3 heterocycles. The zero-order valence-electron chi connectivity index (χ0n) is 16.6. The van der Waals surface area contributed by atoms with Crippen molar-refractivity contribution < 1.29 is 4.79 Å². The molecule has 154 valence electrons. The number of nitrogens with two attached hydrogens (primary N) is 1. The summed E-state index contributed by atoms with van der Waals surface area (Å²) in [6.45, 7) is 0.657. The normalized spacial score (nSPS) is 18.6. The number of nitriles is 1. The van der Waals surface area contributed by atoms with E-state index in [4.69, 9.17) is 5.73 Å². The predicted octanol–water partition coefficient (Wildman–Crippen LogP) is 2.34. The van der Waals surface area contributed by atoms with E-state index >= 15 is 0 Å². The molecule has 1 fully saturated rings. The molecule has 1 aliphatic carbocycles. The summed E-state index contributed by atoms with van der Waals surface area (Å²) in [5.41, 5.74) is 8.02. The average Bonchev–Trinajstić information content (AvgIpc) is 3.17. The van der Waals surface area contributed by atoms with Crippen LogP contribution in [0.25, 0.3) is 10.9 Å². The van der Waals surface area contributed by atoms with Gasteiger partial charge in [0.2, 0.25) is 11.9 Å². The van der Waals surface area contributed by atoms with Gasteiger partial charge in [0, 0.05) is 36.3 Å². The Hall–Kier alpha value is -3.67. The molecule has 1 aliphatic rings. The number of fused-ring (bicyclic) bond motifs is 1. The Balaban J connectivity index is 1.38. The lowest BCUT2D eigenvalue weighted by Crippen LogP contribution is -2.32. The van der Waals surface area contributed by atoms with Crippen molar-refractivity contribution in [3.63, 3.8) is 0 Å². The summed E-state index contributed by atoms with van der Waals surface area (Å²) in [5, 5.41) is 17.1. The lowest BCUT2D eigenvalue weighted by Gasteiger charge is -2.28. The van der Waals surface area contributed by atoms with Crippen molar-refractivity contribution >= 4 is 28.6 Å². The summed E-state index contributed by atoms with van der Waals surface area (Å²) in [5.74, 6) is 0.715. The third-order valence-electron chi connectivity index (χ3n) is 5.63. The smallest absolute Gasteiger partial charge is 0.224 e. The van der Waals surface area contributed by atoms with Crippen LogP contribution in [0.3, 0.4) is 0 Å². The van der Waals surface area contributed by atoms with Gasteiger partial charge in [0.05, 0.1) is 17.9 Å². The van der Waals surface area contributed by atoms with Crippen LogP contribution in [0.15, 0.2) is 30.9 Å². The largest absolute Gasteiger partial charge is 0.369 e. The van der Waals surface area contributed by atoms with Gasteiger partial charge in [-0.2, -0.15) is 10.2 Å². The van der Waals surface area contributed by atoms with E-state index in [1.54, 1.807) is 6.20 Å². The maximum absolute atomic E-state index is 11.3. The molecule has 1 amide bonds. The molecule has 0 aliphatic heterocycles. The first-order chi connectivity index (χ1) is 14.6. The van der Waals surface area contributed by atoms with Gasteiger partial charge in [-0.25, -0.2) is 4.98 Å². The van der Waals surface area contributed by atoms with Crippen LogP contribution < -0.4 is 16.4 Å². The molecule has 0 saturated heterocycles. The molecule has 5 N–H and O–H groups in total. The number of pyridine rings is 1. The molecule has 4 rings (SSSR count). The number of carbonyl (C=O) groups is 1. The number of nitrogens with zero attached hydrogens (tertiary/aromatic N) is 4. The lowest BCUT2D eigenvalue weighted by molar-refractivity contribution is -0.122. The van der Waals surface area contributed by atoms with Crippen molar-refractivity contribution in [3.05, 3.63) is 42.0 Å². The Kier molecular flexibility index (Phi) is 5.75. The molecule has 1 saturated carbocycles. The number of amides is 1. The monoisotopic (exact) mass is 404 g/mol. The topological polar surface area (TPSA) is 145 Å². The van der Waals surface area contributed by atoms with E-state index in [9.17, 15) is 10.1 Å². The minimum absolute atomic E-state index is 0.0543. The van der Waals surface area contributed by atoms with Crippen molar-refractivity contribution in [1.29, 1.82) is 5.26 Å². The van der Waals surface area contributed by atoms with Crippen molar-refractivity contribution in [2.45, 2.75) is 38.1 Å². The number of rotatable bonds is 7. The van der Waals surface area contributed by atoms with E-state index in [0.29, 0.717) is 23.9 Å². The number of carbonyl (C=O) groups excluding carboxylic acids is 1. The fraction of sp³-hybridized carbons (Fsp3) is 0.381. The zero-order valence-corrected chi connectivity index (χ0v) is 16.6. The van der Waals surface area contributed by atoms with E-state index in [2.05, 4.69) is 36.6 Å². The van der Waals surface area contributed by atoms with Crippen LogP contribution in [-0.2, 0) is 11.2 Å². The second-order valence-corrected chi connectivity index (χ2v) is 7.57. The van der Waals surface area contributed by atoms with Crippen LogP contribution in [0.5, 0.6) is 0 Å². The maximum atomic E-state index is 11.3. The molecule has 0 spiro atoms. The molecule has 0 atom stereocenters. The van der Waals surface area contributed by atoms with E-state index in [-0.39, 0.29) is 17.9 Å². The van der Waals surface area contributed by atoms with Gasteiger partial charge in [0.25, 0.3) is 0 Å². The predicted molar refractivity (Wildman–Crippen MR) is 114 cm³/mol. The van der Waals surface area contributed by atoms with Crippen LogP contribution in [-0.4, -0.2) is 38.4 Å². The second-order valence-electron chi connectivity index (χ2n) is 7.57. The van der Waals surface area contributed by atoms with Crippen LogP contribution >= 0.6 is 0 Å². The fourth-order valence-corrected chi connectivity index (χ4v) is 3.92. The molecule has 3 aromatic heterocycles. The lowest BCUT2D eigenvalue weighted by atomic mass is 9.85. The molecule has 0 radical (unpaired) electrons. The molecule has 0 bridgehead atoms. The zero-order chi connectivity index (χ0) is 20.9. The molecule has 30 heavy (non-hydrogen) atoms. The van der Waals surface area contributed by atoms with E-state index < -0.39 is 0 Å². The molecule has 0 unspecified atom stereocenters. The van der Waals surface area contributed by atoms with E-state index in [0.717, 1.165) is 43.0 Å². The van der Waals surface area contributed by atoms with Gasteiger partial charge in [-0.3, -0.25) is 9.78 Å². The summed E-state index contributed by atoms with van der Waals surface area (Å²) >= 11 is 0.